The van der Waals surface area contributed by atoms with Crippen LogP contribution in [-0.4, -0.2) is 65.3 Å². The highest BCUT2D eigenvalue weighted by Crippen LogP contribution is 2.41. The first-order chi connectivity index (χ1) is 23.7. The molecule has 0 radical (unpaired) electrons. The molecule has 0 amide bonds. The molecule has 4 aromatic rings. The molecular formula is C38H42O10S. The van der Waals surface area contributed by atoms with Crippen LogP contribution in [0.15, 0.2) is 84.9 Å². The highest BCUT2D eigenvalue weighted by atomic mass is 32.2. The zero-order valence-electron chi connectivity index (χ0n) is 28.9. The highest BCUT2D eigenvalue weighted by Gasteiger charge is 2.34. The zero-order valence-corrected chi connectivity index (χ0v) is 29.7. The summed E-state index contributed by atoms with van der Waals surface area (Å²) >= 11 is 0. The minimum atomic E-state index is -4.09. The summed E-state index contributed by atoms with van der Waals surface area (Å²) in [4.78, 5) is 0. The van der Waals surface area contributed by atoms with Gasteiger partial charge < -0.3 is 37.9 Å². The Morgan fingerprint density at radius 1 is 0.429 bits per heavy atom. The van der Waals surface area contributed by atoms with Crippen molar-refractivity contribution in [3.8, 4) is 46.0 Å². The lowest BCUT2D eigenvalue weighted by atomic mass is 10.1. The van der Waals surface area contributed by atoms with Gasteiger partial charge in [-0.1, -0.05) is 48.6 Å². The zero-order chi connectivity index (χ0) is 35.6. The number of sulfone groups is 1. The molecule has 0 heterocycles. The molecular weight excluding hydrogens is 648 g/mol. The smallest absolute Gasteiger partial charge is 0.171 e. The van der Waals surface area contributed by atoms with Gasteiger partial charge in [0.25, 0.3) is 0 Å². The van der Waals surface area contributed by atoms with E-state index in [9.17, 15) is 0 Å². The summed E-state index contributed by atoms with van der Waals surface area (Å²) in [5.74, 6) is 4.04. The van der Waals surface area contributed by atoms with Crippen molar-refractivity contribution in [1.29, 1.82) is 0 Å². The average molecular weight is 691 g/mol. The average Bonchev–Trinajstić information content (AvgIpc) is 3.14. The van der Waals surface area contributed by atoms with E-state index in [2.05, 4.69) is 0 Å². The topological polar surface area (TPSA) is 108 Å². The van der Waals surface area contributed by atoms with E-state index in [0.29, 0.717) is 68.2 Å². The largest absolute Gasteiger partial charge is 0.497 e. The van der Waals surface area contributed by atoms with Gasteiger partial charge >= 0.3 is 0 Å². The number of benzene rings is 4. The van der Waals surface area contributed by atoms with Crippen molar-refractivity contribution in [3.05, 3.63) is 107 Å². The van der Waals surface area contributed by atoms with Gasteiger partial charge in [-0.25, -0.2) is 8.42 Å². The maximum atomic E-state index is 15.0. The molecule has 10 nitrogen and oxygen atoms in total. The quantitative estimate of drug-likeness (QED) is 0.118. The van der Waals surface area contributed by atoms with Crippen LogP contribution in [0.1, 0.15) is 32.8 Å². The summed E-state index contributed by atoms with van der Waals surface area (Å²) in [5, 5.41) is -2.22. The van der Waals surface area contributed by atoms with Crippen molar-refractivity contribution in [1.82, 2.24) is 0 Å². The maximum Gasteiger partial charge on any atom is 0.171 e. The normalized spacial score (nSPS) is 12.7. The van der Waals surface area contributed by atoms with Crippen LogP contribution in [0, 0.1) is 0 Å². The van der Waals surface area contributed by atoms with E-state index in [4.69, 9.17) is 37.9 Å². The Labute approximate surface area is 288 Å². The third kappa shape index (κ3) is 8.24. The summed E-state index contributed by atoms with van der Waals surface area (Å²) in [6, 6.07) is 20.7. The molecule has 49 heavy (non-hydrogen) atoms. The Kier molecular flexibility index (Phi) is 12.5. The molecule has 0 saturated heterocycles. The fourth-order valence-corrected chi connectivity index (χ4v) is 7.30. The van der Waals surface area contributed by atoms with E-state index in [1.165, 1.54) is 42.7 Å². The van der Waals surface area contributed by atoms with Crippen molar-refractivity contribution in [2.24, 2.45) is 0 Å². The van der Waals surface area contributed by atoms with Crippen LogP contribution in [0.4, 0.5) is 0 Å². The predicted octanol–water partition coefficient (Wildman–Crippen LogP) is 7.38. The van der Waals surface area contributed by atoms with Gasteiger partial charge in [-0.3, -0.25) is 0 Å². The van der Waals surface area contributed by atoms with E-state index in [-0.39, 0.29) is 0 Å². The van der Waals surface area contributed by atoms with Crippen LogP contribution in [0.2, 0.25) is 0 Å². The lowest BCUT2D eigenvalue weighted by Crippen LogP contribution is -2.19. The first-order valence-corrected chi connectivity index (χ1v) is 16.8. The van der Waals surface area contributed by atoms with Crippen LogP contribution in [0.3, 0.4) is 0 Å². The summed E-state index contributed by atoms with van der Waals surface area (Å²) in [5.41, 5.74) is 2.26. The van der Waals surface area contributed by atoms with Gasteiger partial charge in [0, 0.05) is 23.3 Å². The lowest BCUT2D eigenvalue weighted by Gasteiger charge is -2.22. The molecule has 2 atom stereocenters. The molecule has 0 aliphatic carbocycles. The SMILES string of the molecule is COc1ccc(C(C=Cc2cc(OC)c(OC)cc2OC)S(=O)(=O)C(C=Cc2cc(OC)c(OC)cc2OC)c2ccc(OC)cc2)cc1. The number of methoxy groups -OCH3 is 8. The molecule has 0 aliphatic heterocycles. The Bertz CT molecular complexity index is 1730. The van der Waals surface area contributed by atoms with Crippen LogP contribution >= 0.6 is 0 Å². The second-order valence-corrected chi connectivity index (χ2v) is 12.8. The fraction of sp³-hybridized carbons (Fsp3) is 0.263. The second kappa shape index (κ2) is 16.7. The second-order valence-electron chi connectivity index (χ2n) is 10.6. The third-order valence-electron chi connectivity index (χ3n) is 7.97. The van der Waals surface area contributed by atoms with E-state index in [0.717, 1.165) is 0 Å². The molecule has 0 spiro atoms. The standard InChI is InChI=1S/C38H42O10S/c1-41-29-15-9-25(10-16-29)37(19-13-27-21-33(45-5)35(47-7)23-31(27)43-3)49(39,40)38(26-11-17-30(42-2)18-12-26)20-14-28-22-34(46-6)36(48-8)24-32(28)44-4/h9-24,37-38H,1-8H3. The van der Waals surface area contributed by atoms with Crippen molar-refractivity contribution < 1.29 is 46.3 Å². The van der Waals surface area contributed by atoms with Crippen molar-refractivity contribution in [2.75, 3.05) is 56.9 Å². The van der Waals surface area contributed by atoms with Crippen LogP contribution in [0.5, 0.6) is 46.0 Å². The van der Waals surface area contributed by atoms with E-state index < -0.39 is 20.3 Å². The maximum absolute atomic E-state index is 15.0. The molecule has 0 N–H and O–H groups in total. The Morgan fingerprint density at radius 2 is 0.735 bits per heavy atom. The van der Waals surface area contributed by atoms with Gasteiger partial charge in [0.2, 0.25) is 0 Å². The predicted molar refractivity (Wildman–Crippen MR) is 191 cm³/mol. The Hall–Kier alpha value is -5.29. The van der Waals surface area contributed by atoms with Gasteiger partial charge in [-0.15, -0.1) is 0 Å². The monoisotopic (exact) mass is 690 g/mol. The Morgan fingerprint density at radius 3 is 1.02 bits per heavy atom. The van der Waals surface area contributed by atoms with E-state index >= 15 is 8.42 Å². The molecule has 0 aromatic heterocycles. The molecule has 4 aromatic carbocycles. The first-order valence-electron chi connectivity index (χ1n) is 15.1. The molecule has 260 valence electrons. The van der Waals surface area contributed by atoms with Crippen LogP contribution < -0.4 is 37.9 Å². The van der Waals surface area contributed by atoms with Gasteiger partial charge in [-0.2, -0.15) is 0 Å². The minimum Gasteiger partial charge on any atom is -0.497 e. The van der Waals surface area contributed by atoms with Gasteiger partial charge in [0.05, 0.1) is 56.9 Å². The number of hydrogen-bond donors (Lipinski definition) is 0. The summed E-state index contributed by atoms with van der Waals surface area (Å²) in [7, 11) is 8.20. The van der Waals surface area contributed by atoms with Gasteiger partial charge in [0.15, 0.2) is 32.8 Å². The molecule has 11 heteroatoms. The molecule has 0 fully saturated rings. The summed E-state index contributed by atoms with van der Waals surface area (Å²) < 4.78 is 73.9. The van der Waals surface area contributed by atoms with Crippen LogP contribution in [0.25, 0.3) is 12.2 Å². The third-order valence-corrected chi connectivity index (χ3v) is 10.2. The van der Waals surface area contributed by atoms with Gasteiger partial charge in [0.1, 0.15) is 33.5 Å². The molecule has 0 saturated carbocycles. The van der Waals surface area contributed by atoms with Gasteiger partial charge in [-0.05, 0) is 47.5 Å². The van der Waals surface area contributed by atoms with Crippen molar-refractivity contribution in [3.63, 3.8) is 0 Å². The molecule has 4 rings (SSSR count). The number of ether oxygens (including phenoxy) is 8. The Balaban J connectivity index is 1.92. The summed E-state index contributed by atoms with van der Waals surface area (Å²) in [6.07, 6.45) is 6.70. The first kappa shape index (κ1) is 36.5. The minimum absolute atomic E-state index is 0.467. The molecule has 0 bridgehead atoms. The van der Waals surface area contributed by atoms with Crippen molar-refractivity contribution in [2.45, 2.75) is 10.5 Å². The lowest BCUT2D eigenvalue weighted by molar-refractivity contribution is 0.348. The number of rotatable bonds is 16. The highest BCUT2D eigenvalue weighted by molar-refractivity contribution is 7.92. The number of hydrogen-bond acceptors (Lipinski definition) is 10. The van der Waals surface area contributed by atoms with E-state index in [1.807, 2.05) is 0 Å². The summed E-state index contributed by atoms with van der Waals surface area (Å²) in [6.45, 7) is 0. The van der Waals surface area contributed by atoms with Crippen LogP contribution in [-0.2, 0) is 9.84 Å². The fourth-order valence-electron chi connectivity index (χ4n) is 5.31. The van der Waals surface area contributed by atoms with Crippen molar-refractivity contribution >= 4 is 22.0 Å². The molecule has 2 unspecified atom stereocenters. The molecule has 0 aliphatic rings. The van der Waals surface area contributed by atoms with E-state index in [1.54, 1.807) is 111 Å².